The Kier molecular flexibility index (Phi) is 6.49. The van der Waals surface area contributed by atoms with Gasteiger partial charge in [0.25, 0.3) is 15.9 Å². The molecule has 0 saturated heterocycles. The van der Waals surface area contributed by atoms with E-state index < -0.39 is 10.0 Å². The highest BCUT2D eigenvalue weighted by molar-refractivity contribution is 7.92. The van der Waals surface area contributed by atoms with Crippen molar-refractivity contribution in [1.29, 1.82) is 0 Å². The summed E-state index contributed by atoms with van der Waals surface area (Å²) in [6.07, 6.45) is 0.782. The summed E-state index contributed by atoms with van der Waals surface area (Å²) in [7, 11) is -2.34. The number of sulfonamides is 1. The SMILES string of the molecule is CC[C@H](C)NC(=O)c1ccccc1NS(=O)(=O)c1c(C)cc(OC)cc1C. The van der Waals surface area contributed by atoms with E-state index in [-0.39, 0.29) is 28.1 Å². The second kappa shape index (κ2) is 8.43. The second-order valence-electron chi connectivity index (χ2n) is 6.52. The summed E-state index contributed by atoms with van der Waals surface area (Å²) in [6.45, 7) is 7.29. The van der Waals surface area contributed by atoms with Crippen molar-refractivity contribution in [3.05, 3.63) is 53.1 Å². The predicted octanol–water partition coefficient (Wildman–Crippen LogP) is 3.64. The van der Waals surface area contributed by atoms with Gasteiger partial charge >= 0.3 is 0 Å². The third-order valence-electron chi connectivity index (χ3n) is 4.34. The molecule has 0 bridgehead atoms. The van der Waals surface area contributed by atoms with Gasteiger partial charge in [0.05, 0.1) is 23.3 Å². The van der Waals surface area contributed by atoms with Crippen LogP contribution in [0.4, 0.5) is 5.69 Å². The first-order valence-corrected chi connectivity index (χ1v) is 10.3. The van der Waals surface area contributed by atoms with Crippen molar-refractivity contribution in [3.8, 4) is 5.75 Å². The molecule has 146 valence electrons. The molecule has 7 heteroatoms. The molecule has 0 saturated carbocycles. The molecule has 0 spiro atoms. The van der Waals surface area contributed by atoms with E-state index in [0.717, 1.165) is 6.42 Å². The highest BCUT2D eigenvalue weighted by Crippen LogP contribution is 2.28. The molecule has 0 heterocycles. The molecule has 6 nitrogen and oxygen atoms in total. The van der Waals surface area contributed by atoms with Crippen LogP contribution in [0.1, 0.15) is 41.8 Å². The number of amides is 1. The van der Waals surface area contributed by atoms with Gasteiger partial charge in [-0.2, -0.15) is 0 Å². The average Bonchev–Trinajstić information content (AvgIpc) is 2.60. The average molecular weight is 391 g/mol. The lowest BCUT2D eigenvalue weighted by Gasteiger charge is -2.17. The molecule has 1 amide bonds. The molecule has 0 fully saturated rings. The molecule has 0 aliphatic carbocycles. The quantitative estimate of drug-likeness (QED) is 0.756. The first-order valence-electron chi connectivity index (χ1n) is 8.77. The Morgan fingerprint density at radius 3 is 2.30 bits per heavy atom. The van der Waals surface area contributed by atoms with Crippen molar-refractivity contribution in [2.45, 2.75) is 45.1 Å². The van der Waals surface area contributed by atoms with Gasteiger partial charge in [0.2, 0.25) is 0 Å². The number of rotatable bonds is 7. The Hall–Kier alpha value is -2.54. The van der Waals surface area contributed by atoms with E-state index in [1.54, 1.807) is 50.2 Å². The Labute approximate surface area is 161 Å². The zero-order valence-corrected chi connectivity index (χ0v) is 17.1. The molecular formula is C20H26N2O4S. The van der Waals surface area contributed by atoms with Crippen molar-refractivity contribution in [2.75, 3.05) is 11.8 Å². The summed E-state index contributed by atoms with van der Waals surface area (Å²) in [5.41, 5.74) is 1.67. The summed E-state index contributed by atoms with van der Waals surface area (Å²) in [5, 5.41) is 2.86. The summed E-state index contributed by atoms with van der Waals surface area (Å²) in [6, 6.07) is 9.90. The summed E-state index contributed by atoms with van der Waals surface area (Å²) in [4.78, 5) is 12.7. The van der Waals surface area contributed by atoms with Gasteiger partial charge in [-0.05, 0) is 62.6 Å². The Balaban J connectivity index is 2.41. The van der Waals surface area contributed by atoms with Gasteiger partial charge in [-0.1, -0.05) is 19.1 Å². The lowest BCUT2D eigenvalue weighted by atomic mass is 10.1. The fraction of sp³-hybridized carbons (Fsp3) is 0.350. The molecule has 0 aliphatic rings. The number of hydrogen-bond acceptors (Lipinski definition) is 4. The molecule has 2 aromatic carbocycles. The number of carbonyl (C=O) groups excluding carboxylic acids is 1. The predicted molar refractivity (Wildman–Crippen MR) is 107 cm³/mol. The van der Waals surface area contributed by atoms with Crippen LogP contribution < -0.4 is 14.8 Å². The standard InChI is InChI=1S/C20H26N2O4S/c1-6-15(4)21-20(23)17-9-7-8-10-18(17)22-27(24,25)19-13(2)11-16(26-5)12-14(19)3/h7-12,15,22H,6H2,1-5H3,(H,21,23)/t15-/m0/s1. The normalized spacial score (nSPS) is 12.3. The number of benzene rings is 2. The zero-order valence-electron chi connectivity index (χ0n) is 16.3. The largest absolute Gasteiger partial charge is 0.497 e. The minimum absolute atomic E-state index is 0.00626. The van der Waals surface area contributed by atoms with Crippen molar-refractivity contribution in [2.24, 2.45) is 0 Å². The maximum absolute atomic E-state index is 13.0. The Bertz CT molecular complexity index is 916. The van der Waals surface area contributed by atoms with Crippen LogP contribution in [0.3, 0.4) is 0 Å². The van der Waals surface area contributed by atoms with E-state index in [9.17, 15) is 13.2 Å². The maximum Gasteiger partial charge on any atom is 0.262 e. The number of para-hydroxylation sites is 1. The van der Waals surface area contributed by atoms with Crippen molar-refractivity contribution in [3.63, 3.8) is 0 Å². The number of aryl methyl sites for hydroxylation is 2. The molecule has 2 rings (SSSR count). The van der Waals surface area contributed by atoms with Crippen LogP contribution in [0.25, 0.3) is 0 Å². The number of anilines is 1. The van der Waals surface area contributed by atoms with E-state index in [2.05, 4.69) is 10.0 Å². The van der Waals surface area contributed by atoms with E-state index in [0.29, 0.717) is 16.9 Å². The Morgan fingerprint density at radius 2 is 1.74 bits per heavy atom. The summed E-state index contributed by atoms with van der Waals surface area (Å²) >= 11 is 0. The van der Waals surface area contributed by atoms with Gasteiger partial charge in [-0.15, -0.1) is 0 Å². The van der Waals surface area contributed by atoms with Crippen LogP contribution in [0.2, 0.25) is 0 Å². The van der Waals surface area contributed by atoms with Gasteiger partial charge in [0.1, 0.15) is 5.75 Å². The van der Waals surface area contributed by atoms with Crippen LogP contribution in [-0.4, -0.2) is 27.5 Å². The van der Waals surface area contributed by atoms with Gasteiger partial charge in [-0.3, -0.25) is 9.52 Å². The minimum Gasteiger partial charge on any atom is -0.497 e. The Morgan fingerprint density at radius 1 is 1.15 bits per heavy atom. The topological polar surface area (TPSA) is 84.5 Å². The number of hydrogen-bond donors (Lipinski definition) is 2. The van der Waals surface area contributed by atoms with E-state index in [1.165, 1.54) is 7.11 Å². The first-order chi connectivity index (χ1) is 12.7. The molecule has 0 unspecified atom stereocenters. The van der Waals surface area contributed by atoms with Crippen LogP contribution >= 0.6 is 0 Å². The first kappa shape index (κ1) is 20.8. The van der Waals surface area contributed by atoms with Crippen LogP contribution in [0.5, 0.6) is 5.75 Å². The highest BCUT2D eigenvalue weighted by atomic mass is 32.2. The van der Waals surface area contributed by atoms with Gasteiger partial charge in [0, 0.05) is 6.04 Å². The molecule has 0 aliphatic heterocycles. The molecule has 0 radical (unpaired) electrons. The molecule has 2 N–H and O–H groups in total. The monoisotopic (exact) mass is 390 g/mol. The van der Waals surface area contributed by atoms with Crippen molar-refractivity contribution < 1.29 is 17.9 Å². The van der Waals surface area contributed by atoms with Crippen LogP contribution in [0, 0.1) is 13.8 Å². The molecule has 0 aromatic heterocycles. The van der Waals surface area contributed by atoms with Crippen LogP contribution in [0.15, 0.2) is 41.3 Å². The molecule has 2 aromatic rings. The van der Waals surface area contributed by atoms with E-state index >= 15 is 0 Å². The second-order valence-corrected chi connectivity index (χ2v) is 8.14. The highest BCUT2D eigenvalue weighted by Gasteiger charge is 2.23. The summed E-state index contributed by atoms with van der Waals surface area (Å²) < 4.78 is 33.8. The van der Waals surface area contributed by atoms with Crippen molar-refractivity contribution >= 4 is 21.6 Å². The lowest BCUT2D eigenvalue weighted by molar-refractivity contribution is 0.0940. The van der Waals surface area contributed by atoms with E-state index in [4.69, 9.17) is 4.74 Å². The summed E-state index contributed by atoms with van der Waals surface area (Å²) in [5.74, 6) is 0.281. The van der Waals surface area contributed by atoms with Gasteiger partial charge in [-0.25, -0.2) is 8.42 Å². The minimum atomic E-state index is -3.88. The number of nitrogens with one attached hydrogen (secondary N) is 2. The fourth-order valence-electron chi connectivity index (χ4n) is 2.82. The maximum atomic E-state index is 13.0. The third kappa shape index (κ3) is 4.80. The number of methoxy groups -OCH3 is 1. The lowest BCUT2D eigenvalue weighted by Crippen LogP contribution is -2.32. The fourth-order valence-corrected chi connectivity index (χ4v) is 4.36. The molecule has 1 atom stereocenters. The number of carbonyl (C=O) groups is 1. The van der Waals surface area contributed by atoms with Gasteiger partial charge in [0.15, 0.2) is 0 Å². The number of ether oxygens (including phenoxy) is 1. The van der Waals surface area contributed by atoms with Crippen LogP contribution in [-0.2, 0) is 10.0 Å². The zero-order chi connectivity index (χ0) is 20.2. The molecular weight excluding hydrogens is 364 g/mol. The smallest absolute Gasteiger partial charge is 0.262 e. The van der Waals surface area contributed by atoms with Gasteiger partial charge < -0.3 is 10.1 Å². The molecule has 27 heavy (non-hydrogen) atoms. The third-order valence-corrected chi connectivity index (χ3v) is 6.01. The van der Waals surface area contributed by atoms with E-state index in [1.807, 2.05) is 13.8 Å². The van der Waals surface area contributed by atoms with Crippen molar-refractivity contribution in [1.82, 2.24) is 5.32 Å².